The molecule has 0 unspecified atom stereocenters. The average Bonchev–Trinajstić information content (AvgIpc) is 2.83. The number of nitrogens with zero attached hydrogens (tertiary/aromatic N) is 1. The van der Waals surface area contributed by atoms with E-state index in [1.807, 2.05) is 0 Å². The molecular weight excluding hydrogens is 319 g/mol. The number of H-pyrrole nitrogens is 1. The molecule has 22 heavy (non-hydrogen) atoms. The first-order chi connectivity index (χ1) is 10.2. The van der Waals surface area contributed by atoms with Crippen LogP contribution in [0.25, 0.3) is 0 Å². The molecule has 0 aromatic carbocycles. The van der Waals surface area contributed by atoms with Gasteiger partial charge in [0.2, 0.25) is 0 Å². The van der Waals surface area contributed by atoms with Gasteiger partial charge in [0, 0.05) is 25.3 Å². The lowest BCUT2D eigenvalue weighted by atomic mass is 10.2. The van der Waals surface area contributed by atoms with Gasteiger partial charge in [0.15, 0.2) is 0 Å². The smallest absolute Gasteiger partial charge is 0.378 e. The average molecular weight is 336 g/mol. The SMILES string of the molecule is CO[C@@H]1C[C@H](n2cc(C)c(=O)[nH]c2=O)O[C@@H]1COP(=O)(O)O. The number of hydrogen-bond acceptors (Lipinski definition) is 6. The Morgan fingerprint density at radius 1 is 1.50 bits per heavy atom. The number of phosphoric ester groups is 1. The summed E-state index contributed by atoms with van der Waals surface area (Å²) < 4.78 is 27.1. The van der Waals surface area contributed by atoms with Crippen LogP contribution in [-0.2, 0) is 18.6 Å². The normalized spacial score (nSPS) is 25.5. The maximum Gasteiger partial charge on any atom is 0.469 e. The molecule has 1 saturated heterocycles. The first kappa shape index (κ1) is 17.1. The van der Waals surface area contributed by atoms with E-state index in [0.717, 1.165) is 0 Å². The fraction of sp³-hybridized carbons (Fsp3) is 0.636. The zero-order chi connectivity index (χ0) is 16.5. The molecule has 0 radical (unpaired) electrons. The van der Waals surface area contributed by atoms with Crippen molar-refractivity contribution in [3.8, 4) is 0 Å². The molecule has 3 atom stereocenters. The van der Waals surface area contributed by atoms with Crippen molar-refractivity contribution >= 4 is 7.82 Å². The lowest BCUT2D eigenvalue weighted by Crippen LogP contribution is -2.33. The summed E-state index contributed by atoms with van der Waals surface area (Å²) in [5, 5.41) is 0. The second-order valence-electron chi connectivity index (χ2n) is 4.90. The van der Waals surface area contributed by atoms with Gasteiger partial charge in [-0.1, -0.05) is 0 Å². The Hall–Kier alpha value is -1.29. The van der Waals surface area contributed by atoms with Gasteiger partial charge in [-0.15, -0.1) is 0 Å². The number of phosphoric acid groups is 1. The molecule has 0 amide bonds. The van der Waals surface area contributed by atoms with Gasteiger partial charge in [0.1, 0.15) is 12.3 Å². The molecule has 0 spiro atoms. The van der Waals surface area contributed by atoms with Gasteiger partial charge in [-0.05, 0) is 6.92 Å². The number of aryl methyl sites for hydroxylation is 1. The van der Waals surface area contributed by atoms with Crippen molar-refractivity contribution in [1.82, 2.24) is 9.55 Å². The largest absolute Gasteiger partial charge is 0.469 e. The molecule has 0 bridgehead atoms. The van der Waals surface area contributed by atoms with Crippen LogP contribution in [-0.4, -0.2) is 45.3 Å². The van der Waals surface area contributed by atoms with Crippen molar-refractivity contribution in [1.29, 1.82) is 0 Å². The van der Waals surface area contributed by atoms with Crippen LogP contribution < -0.4 is 11.2 Å². The van der Waals surface area contributed by atoms with Crippen molar-refractivity contribution in [2.24, 2.45) is 0 Å². The molecule has 1 aliphatic rings. The van der Waals surface area contributed by atoms with E-state index in [4.69, 9.17) is 19.3 Å². The fourth-order valence-corrected chi connectivity index (χ4v) is 2.58. The molecule has 11 heteroatoms. The van der Waals surface area contributed by atoms with Crippen LogP contribution in [0.4, 0.5) is 0 Å². The number of ether oxygens (including phenoxy) is 2. The highest BCUT2D eigenvalue weighted by atomic mass is 31.2. The summed E-state index contributed by atoms with van der Waals surface area (Å²) in [6, 6.07) is 0. The first-order valence-corrected chi connectivity index (χ1v) is 7.94. The second kappa shape index (κ2) is 6.45. The fourth-order valence-electron chi connectivity index (χ4n) is 2.24. The van der Waals surface area contributed by atoms with Gasteiger partial charge in [0.25, 0.3) is 5.56 Å². The summed E-state index contributed by atoms with van der Waals surface area (Å²) in [5.41, 5.74) is -0.775. The van der Waals surface area contributed by atoms with E-state index in [9.17, 15) is 14.2 Å². The molecule has 124 valence electrons. The number of methoxy groups -OCH3 is 1. The number of aromatic amines is 1. The molecule has 3 N–H and O–H groups in total. The van der Waals surface area contributed by atoms with E-state index in [1.54, 1.807) is 6.92 Å². The molecule has 10 nitrogen and oxygen atoms in total. The van der Waals surface area contributed by atoms with Gasteiger partial charge in [-0.25, -0.2) is 9.36 Å². The van der Waals surface area contributed by atoms with Crippen molar-refractivity contribution in [2.45, 2.75) is 31.8 Å². The molecule has 2 rings (SSSR count). The third-order valence-electron chi connectivity index (χ3n) is 3.35. The number of hydrogen-bond donors (Lipinski definition) is 3. The van der Waals surface area contributed by atoms with Crippen molar-refractivity contribution < 1.29 is 28.3 Å². The zero-order valence-electron chi connectivity index (χ0n) is 12.0. The minimum atomic E-state index is -4.62. The highest BCUT2D eigenvalue weighted by Crippen LogP contribution is 2.38. The van der Waals surface area contributed by atoms with Crippen LogP contribution in [0.3, 0.4) is 0 Å². The van der Waals surface area contributed by atoms with Crippen LogP contribution in [0.2, 0.25) is 0 Å². The minimum absolute atomic E-state index is 0.275. The van der Waals surface area contributed by atoms with Crippen molar-refractivity contribution in [3.05, 3.63) is 32.6 Å². The third-order valence-corrected chi connectivity index (χ3v) is 3.83. The lowest BCUT2D eigenvalue weighted by Gasteiger charge is -2.17. The van der Waals surface area contributed by atoms with E-state index in [-0.39, 0.29) is 13.0 Å². The first-order valence-electron chi connectivity index (χ1n) is 6.41. The number of rotatable bonds is 5. The van der Waals surface area contributed by atoms with Gasteiger partial charge < -0.3 is 19.3 Å². The van der Waals surface area contributed by atoms with E-state index < -0.39 is 37.5 Å². The maximum atomic E-state index is 11.8. The number of aromatic nitrogens is 2. The monoisotopic (exact) mass is 336 g/mol. The third kappa shape index (κ3) is 3.92. The van der Waals surface area contributed by atoms with Crippen LogP contribution in [0.5, 0.6) is 0 Å². The summed E-state index contributed by atoms with van der Waals surface area (Å²) in [5.74, 6) is 0. The molecule has 1 aliphatic heterocycles. The van der Waals surface area contributed by atoms with Crippen molar-refractivity contribution in [2.75, 3.05) is 13.7 Å². The van der Waals surface area contributed by atoms with E-state index in [2.05, 4.69) is 9.51 Å². The molecule has 1 aromatic heterocycles. The quantitative estimate of drug-likeness (QED) is 0.597. The Labute approximate surface area is 124 Å². The predicted octanol–water partition coefficient (Wildman–Crippen LogP) is -0.743. The zero-order valence-corrected chi connectivity index (χ0v) is 12.9. The van der Waals surface area contributed by atoms with Crippen LogP contribution >= 0.6 is 7.82 Å². The van der Waals surface area contributed by atoms with Gasteiger partial charge >= 0.3 is 13.5 Å². The van der Waals surface area contributed by atoms with Crippen LogP contribution in [0.1, 0.15) is 18.2 Å². The summed E-state index contributed by atoms with van der Waals surface area (Å²) >= 11 is 0. The molecule has 2 heterocycles. The topological polar surface area (TPSA) is 140 Å². The Morgan fingerprint density at radius 3 is 2.77 bits per heavy atom. The van der Waals surface area contributed by atoms with E-state index in [1.165, 1.54) is 17.9 Å². The molecule has 1 fully saturated rings. The summed E-state index contributed by atoms with van der Waals surface area (Å²) in [6.45, 7) is 1.17. The van der Waals surface area contributed by atoms with Gasteiger partial charge in [-0.3, -0.25) is 18.9 Å². The Kier molecular flexibility index (Phi) is 5.00. The van der Waals surface area contributed by atoms with Crippen molar-refractivity contribution in [3.63, 3.8) is 0 Å². The minimum Gasteiger partial charge on any atom is -0.378 e. The predicted molar refractivity (Wildman–Crippen MR) is 73.4 cm³/mol. The maximum absolute atomic E-state index is 11.8. The number of nitrogens with one attached hydrogen (secondary N) is 1. The van der Waals surface area contributed by atoms with E-state index >= 15 is 0 Å². The molecule has 0 saturated carbocycles. The summed E-state index contributed by atoms with van der Waals surface area (Å²) in [4.78, 5) is 42.8. The Morgan fingerprint density at radius 2 is 2.18 bits per heavy atom. The van der Waals surface area contributed by atoms with Crippen LogP contribution in [0, 0.1) is 6.92 Å². The standard InChI is InChI=1S/C11H17N2O8P/c1-6-4-13(11(15)12-10(6)14)9-3-7(19-2)8(21-9)5-20-22(16,17)18/h4,7-9H,3,5H2,1-2H3,(H,12,14,15)(H2,16,17,18)/t7-,8-,9-/m1/s1. The lowest BCUT2D eigenvalue weighted by molar-refractivity contribution is -0.0526. The second-order valence-corrected chi connectivity index (χ2v) is 6.14. The summed E-state index contributed by atoms with van der Waals surface area (Å²) in [6.07, 6.45) is -0.335. The summed E-state index contributed by atoms with van der Waals surface area (Å²) in [7, 11) is -3.20. The van der Waals surface area contributed by atoms with Crippen LogP contribution in [0.15, 0.2) is 15.8 Å². The molecular formula is C11H17N2O8P. The highest BCUT2D eigenvalue weighted by molar-refractivity contribution is 7.46. The van der Waals surface area contributed by atoms with Gasteiger partial charge in [0.05, 0.1) is 12.7 Å². The van der Waals surface area contributed by atoms with Gasteiger partial charge in [-0.2, -0.15) is 0 Å². The molecule has 0 aliphatic carbocycles. The van der Waals surface area contributed by atoms with E-state index in [0.29, 0.717) is 5.56 Å². The molecule has 1 aromatic rings. The Balaban J connectivity index is 2.18. The Bertz CT molecular complexity index is 692. The highest BCUT2D eigenvalue weighted by Gasteiger charge is 2.38.